The lowest BCUT2D eigenvalue weighted by molar-refractivity contribution is -0.125. The molecule has 0 saturated carbocycles. The largest absolute Gasteiger partial charge is 0.302 e. The summed E-state index contributed by atoms with van der Waals surface area (Å²) in [6.07, 6.45) is 1.57. The third kappa shape index (κ3) is 2.64. The number of nitrogens with one attached hydrogen (secondary N) is 2. The number of thioether (sulfide) groups is 1. The Morgan fingerprint density at radius 2 is 2.35 bits per heavy atom. The SMILES string of the molecule is C[C@@H](C(=O)Nc1nccs1)[C@H]1SC(=O)NC1=O. The van der Waals surface area contributed by atoms with Gasteiger partial charge in [0, 0.05) is 11.6 Å². The maximum Gasteiger partial charge on any atom is 0.286 e. The summed E-state index contributed by atoms with van der Waals surface area (Å²) in [5, 5.41) is 5.90. The van der Waals surface area contributed by atoms with Gasteiger partial charge in [-0.05, 0) is 0 Å². The first kappa shape index (κ1) is 12.1. The molecular formula is C9H9N3O3S2. The van der Waals surface area contributed by atoms with Gasteiger partial charge in [0.2, 0.25) is 11.8 Å². The molecule has 1 saturated heterocycles. The number of nitrogens with zero attached hydrogens (tertiary/aromatic N) is 1. The second-order valence-corrected chi connectivity index (χ2v) is 5.44. The fourth-order valence-corrected chi connectivity index (χ4v) is 2.76. The van der Waals surface area contributed by atoms with Gasteiger partial charge in [0.1, 0.15) is 5.25 Å². The zero-order chi connectivity index (χ0) is 12.4. The van der Waals surface area contributed by atoms with Crippen molar-refractivity contribution in [3.05, 3.63) is 11.6 Å². The van der Waals surface area contributed by atoms with Crippen LogP contribution < -0.4 is 10.6 Å². The van der Waals surface area contributed by atoms with Gasteiger partial charge in [0.15, 0.2) is 5.13 Å². The van der Waals surface area contributed by atoms with Gasteiger partial charge in [0.25, 0.3) is 5.24 Å². The van der Waals surface area contributed by atoms with Crippen LogP contribution in [0.25, 0.3) is 0 Å². The summed E-state index contributed by atoms with van der Waals surface area (Å²) in [6, 6.07) is 0. The molecule has 3 amide bonds. The summed E-state index contributed by atoms with van der Waals surface area (Å²) >= 11 is 2.14. The minimum Gasteiger partial charge on any atom is -0.302 e. The monoisotopic (exact) mass is 271 g/mol. The van der Waals surface area contributed by atoms with E-state index in [-0.39, 0.29) is 5.91 Å². The number of rotatable bonds is 3. The van der Waals surface area contributed by atoms with Crippen LogP contribution in [0.3, 0.4) is 0 Å². The minimum absolute atomic E-state index is 0.317. The lowest BCUT2D eigenvalue weighted by Crippen LogP contribution is -2.35. The van der Waals surface area contributed by atoms with Gasteiger partial charge in [0.05, 0.1) is 5.92 Å². The Morgan fingerprint density at radius 3 is 2.88 bits per heavy atom. The number of carbonyl (C=O) groups excluding carboxylic acids is 3. The first-order chi connectivity index (χ1) is 8.08. The molecule has 0 unspecified atom stereocenters. The molecular weight excluding hydrogens is 262 g/mol. The highest BCUT2D eigenvalue weighted by Gasteiger charge is 2.39. The molecule has 2 rings (SSSR count). The predicted molar refractivity (Wildman–Crippen MR) is 64.8 cm³/mol. The van der Waals surface area contributed by atoms with Gasteiger partial charge < -0.3 is 5.32 Å². The quantitative estimate of drug-likeness (QED) is 0.858. The van der Waals surface area contributed by atoms with Crippen LogP contribution in [-0.4, -0.2) is 27.3 Å². The topological polar surface area (TPSA) is 88.2 Å². The van der Waals surface area contributed by atoms with Crippen LogP contribution in [-0.2, 0) is 9.59 Å². The van der Waals surface area contributed by atoms with Crippen LogP contribution in [0.1, 0.15) is 6.92 Å². The minimum atomic E-state index is -0.664. The number of carbonyl (C=O) groups is 3. The molecule has 2 atom stereocenters. The first-order valence-electron chi connectivity index (χ1n) is 4.80. The van der Waals surface area contributed by atoms with Gasteiger partial charge in [-0.25, -0.2) is 4.98 Å². The van der Waals surface area contributed by atoms with Crippen molar-refractivity contribution in [3.63, 3.8) is 0 Å². The van der Waals surface area contributed by atoms with E-state index < -0.39 is 22.3 Å². The molecule has 0 aliphatic carbocycles. The Hall–Kier alpha value is -1.41. The second kappa shape index (κ2) is 4.84. The summed E-state index contributed by atoms with van der Waals surface area (Å²) in [6.45, 7) is 1.61. The molecule has 6 nitrogen and oxygen atoms in total. The first-order valence-corrected chi connectivity index (χ1v) is 6.55. The number of anilines is 1. The average molecular weight is 271 g/mol. The summed E-state index contributed by atoms with van der Waals surface area (Å²) < 4.78 is 0. The van der Waals surface area contributed by atoms with E-state index in [1.165, 1.54) is 11.3 Å². The van der Waals surface area contributed by atoms with Crippen LogP contribution in [0.5, 0.6) is 0 Å². The number of thiazole rings is 1. The van der Waals surface area contributed by atoms with Crippen molar-refractivity contribution in [1.82, 2.24) is 10.3 Å². The van der Waals surface area contributed by atoms with E-state index in [9.17, 15) is 14.4 Å². The third-order valence-corrected chi connectivity index (χ3v) is 4.13. The molecule has 90 valence electrons. The summed E-state index contributed by atoms with van der Waals surface area (Å²) in [5.74, 6) is -1.32. The lowest BCUT2D eigenvalue weighted by atomic mass is 10.1. The number of hydrogen-bond donors (Lipinski definition) is 2. The molecule has 8 heteroatoms. The van der Waals surface area contributed by atoms with Crippen molar-refractivity contribution in [3.8, 4) is 0 Å². The molecule has 2 heterocycles. The molecule has 1 fully saturated rings. The second-order valence-electron chi connectivity index (χ2n) is 3.43. The fourth-order valence-electron chi connectivity index (χ4n) is 1.34. The smallest absolute Gasteiger partial charge is 0.286 e. The molecule has 1 aliphatic heterocycles. The maximum atomic E-state index is 11.8. The van der Waals surface area contributed by atoms with Crippen molar-refractivity contribution in [1.29, 1.82) is 0 Å². The lowest BCUT2D eigenvalue weighted by Gasteiger charge is -2.13. The highest BCUT2D eigenvalue weighted by atomic mass is 32.2. The maximum absolute atomic E-state index is 11.8. The number of aromatic nitrogens is 1. The number of amides is 3. The zero-order valence-corrected chi connectivity index (χ0v) is 10.4. The van der Waals surface area contributed by atoms with Crippen molar-refractivity contribution >= 4 is 45.3 Å². The van der Waals surface area contributed by atoms with Gasteiger partial charge in [-0.15, -0.1) is 11.3 Å². The van der Waals surface area contributed by atoms with Crippen molar-refractivity contribution in [2.45, 2.75) is 12.2 Å². The molecule has 0 radical (unpaired) electrons. The fraction of sp³-hybridized carbons (Fsp3) is 0.333. The Bertz CT molecular complexity index is 460. The van der Waals surface area contributed by atoms with Gasteiger partial charge >= 0.3 is 0 Å². The Morgan fingerprint density at radius 1 is 1.59 bits per heavy atom. The van der Waals surface area contributed by atoms with Crippen LogP contribution in [0.15, 0.2) is 11.6 Å². The molecule has 1 aliphatic rings. The number of hydrogen-bond acceptors (Lipinski definition) is 6. The van der Waals surface area contributed by atoms with Gasteiger partial charge in [-0.2, -0.15) is 0 Å². The third-order valence-electron chi connectivity index (χ3n) is 2.25. The van der Waals surface area contributed by atoms with E-state index in [4.69, 9.17) is 0 Å². The highest BCUT2D eigenvalue weighted by Crippen LogP contribution is 2.27. The van der Waals surface area contributed by atoms with Crippen LogP contribution >= 0.6 is 23.1 Å². The zero-order valence-electron chi connectivity index (χ0n) is 8.80. The van der Waals surface area contributed by atoms with E-state index in [0.717, 1.165) is 11.8 Å². The number of imide groups is 1. The van der Waals surface area contributed by atoms with Crippen molar-refractivity contribution in [2.75, 3.05) is 5.32 Å². The Kier molecular flexibility index (Phi) is 3.43. The standard InChI is InChI=1S/C9H9N3O3S2/c1-4(5-7(14)12-9(15)17-5)6(13)11-8-10-2-3-16-8/h2-5H,1H3,(H,10,11,13)(H,12,14,15)/t4-,5-/m1/s1. The molecule has 1 aromatic rings. The molecule has 1 aromatic heterocycles. The van der Waals surface area contributed by atoms with Crippen molar-refractivity contribution < 1.29 is 14.4 Å². The summed E-state index contributed by atoms with van der Waals surface area (Å²) in [5.41, 5.74) is 0. The van der Waals surface area contributed by atoms with E-state index in [0.29, 0.717) is 5.13 Å². The molecule has 0 spiro atoms. The molecule has 17 heavy (non-hydrogen) atoms. The normalized spacial score (nSPS) is 21.1. The molecule has 2 N–H and O–H groups in total. The summed E-state index contributed by atoms with van der Waals surface area (Å²) in [4.78, 5) is 38.1. The van der Waals surface area contributed by atoms with Crippen LogP contribution in [0.4, 0.5) is 9.93 Å². The van der Waals surface area contributed by atoms with Gasteiger partial charge in [-0.1, -0.05) is 18.7 Å². The average Bonchev–Trinajstić information content (AvgIpc) is 2.87. The van der Waals surface area contributed by atoms with E-state index >= 15 is 0 Å². The highest BCUT2D eigenvalue weighted by molar-refractivity contribution is 8.15. The van der Waals surface area contributed by atoms with Gasteiger partial charge in [-0.3, -0.25) is 19.7 Å². The Balaban J connectivity index is 2.00. The summed E-state index contributed by atoms with van der Waals surface area (Å²) in [7, 11) is 0. The van der Waals surface area contributed by atoms with E-state index in [1.807, 2.05) is 0 Å². The van der Waals surface area contributed by atoms with E-state index in [2.05, 4.69) is 15.6 Å². The molecule has 0 bridgehead atoms. The van der Waals surface area contributed by atoms with E-state index in [1.54, 1.807) is 18.5 Å². The Labute approximate surface area is 105 Å². The predicted octanol–water partition coefficient (Wildman–Crippen LogP) is 1.07. The van der Waals surface area contributed by atoms with Crippen LogP contribution in [0.2, 0.25) is 0 Å². The van der Waals surface area contributed by atoms with Crippen molar-refractivity contribution in [2.24, 2.45) is 5.92 Å². The van der Waals surface area contributed by atoms with Crippen LogP contribution in [0, 0.1) is 5.92 Å². The molecule has 0 aromatic carbocycles.